The summed E-state index contributed by atoms with van der Waals surface area (Å²) in [5.74, 6) is 0.857. The summed E-state index contributed by atoms with van der Waals surface area (Å²) in [5.41, 5.74) is 0.734. The zero-order valence-electron chi connectivity index (χ0n) is 9.79. The molecular formula is C13H12O4S. The van der Waals surface area contributed by atoms with Gasteiger partial charge in [-0.15, -0.1) is 0 Å². The fourth-order valence-electron chi connectivity index (χ4n) is 1.56. The van der Waals surface area contributed by atoms with Gasteiger partial charge in [-0.3, -0.25) is 4.79 Å². The molecule has 0 unspecified atom stereocenters. The minimum Gasteiger partial charge on any atom is -0.453 e. The van der Waals surface area contributed by atoms with E-state index in [1.807, 2.05) is 0 Å². The van der Waals surface area contributed by atoms with E-state index in [9.17, 15) is 13.2 Å². The van der Waals surface area contributed by atoms with Crippen LogP contribution in [-0.4, -0.2) is 20.5 Å². The Morgan fingerprint density at radius 3 is 2.28 bits per heavy atom. The van der Waals surface area contributed by atoms with Crippen LogP contribution in [0, 0.1) is 0 Å². The molecule has 2 rings (SSSR count). The van der Waals surface area contributed by atoms with Gasteiger partial charge in [0.25, 0.3) is 0 Å². The van der Waals surface area contributed by atoms with Gasteiger partial charge < -0.3 is 4.42 Å². The van der Waals surface area contributed by atoms with E-state index in [1.54, 1.807) is 31.2 Å². The molecule has 0 spiro atoms. The van der Waals surface area contributed by atoms with Crippen LogP contribution >= 0.6 is 0 Å². The highest BCUT2D eigenvalue weighted by atomic mass is 32.2. The van der Waals surface area contributed by atoms with Gasteiger partial charge in [-0.05, 0) is 36.4 Å². The second kappa shape index (κ2) is 4.78. The lowest BCUT2D eigenvalue weighted by Gasteiger charge is -2.02. The van der Waals surface area contributed by atoms with Crippen LogP contribution in [0.15, 0.2) is 45.7 Å². The third-order valence-corrected chi connectivity index (χ3v) is 4.37. The van der Waals surface area contributed by atoms with Gasteiger partial charge in [-0.2, -0.15) is 0 Å². The van der Waals surface area contributed by atoms with Gasteiger partial charge in [0, 0.05) is 5.56 Å². The van der Waals surface area contributed by atoms with Gasteiger partial charge in [0.2, 0.25) is 0 Å². The van der Waals surface area contributed by atoms with E-state index in [4.69, 9.17) is 4.42 Å². The first-order valence-electron chi connectivity index (χ1n) is 5.45. The predicted octanol–water partition coefficient (Wildman–Crippen LogP) is 2.55. The molecular weight excluding hydrogens is 252 g/mol. The maximum Gasteiger partial charge on any atom is 0.185 e. The van der Waals surface area contributed by atoms with Crippen molar-refractivity contribution in [2.24, 2.45) is 0 Å². The minimum absolute atomic E-state index is 0.0718. The highest BCUT2D eigenvalue weighted by Crippen LogP contribution is 2.23. The lowest BCUT2D eigenvalue weighted by atomic mass is 10.2. The maximum atomic E-state index is 11.6. The molecule has 0 bridgehead atoms. The molecule has 0 aliphatic carbocycles. The number of hydrogen-bond acceptors (Lipinski definition) is 4. The third kappa shape index (κ3) is 2.36. The molecule has 1 heterocycles. The number of furan rings is 1. The summed E-state index contributed by atoms with van der Waals surface area (Å²) in [5, 5.41) is 0. The first kappa shape index (κ1) is 12.6. The molecule has 2 aromatic rings. The molecule has 0 N–H and O–H groups in total. The molecule has 0 fully saturated rings. The molecule has 0 amide bonds. The van der Waals surface area contributed by atoms with Crippen molar-refractivity contribution in [3.63, 3.8) is 0 Å². The Kier molecular flexibility index (Phi) is 3.34. The average Bonchev–Trinajstić information content (AvgIpc) is 2.87. The molecule has 0 radical (unpaired) electrons. The molecule has 0 aliphatic heterocycles. The zero-order chi connectivity index (χ0) is 13.2. The summed E-state index contributed by atoms with van der Waals surface area (Å²) in [6.07, 6.45) is 0.624. The van der Waals surface area contributed by atoms with Crippen molar-refractivity contribution in [1.82, 2.24) is 0 Å². The number of carbonyl (C=O) groups is 1. The first-order valence-corrected chi connectivity index (χ1v) is 7.10. The fraction of sp³-hybridized carbons (Fsp3) is 0.154. The second-order valence-corrected chi connectivity index (χ2v) is 6.03. The molecule has 0 saturated heterocycles. The van der Waals surface area contributed by atoms with Crippen LogP contribution in [0.4, 0.5) is 0 Å². The topological polar surface area (TPSA) is 64.3 Å². The van der Waals surface area contributed by atoms with Gasteiger partial charge in [-0.25, -0.2) is 8.42 Å². The van der Waals surface area contributed by atoms with Crippen LogP contribution in [0.5, 0.6) is 0 Å². The quantitative estimate of drug-likeness (QED) is 0.796. The highest BCUT2D eigenvalue weighted by molar-refractivity contribution is 7.91. The highest BCUT2D eigenvalue weighted by Gasteiger charge is 2.12. The molecule has 0 saturated carbocycles. The molecule has 4 nitrogen and oxygen atoms in total. The van der Waals surface area contributed by atoms with Crippen molar-refractivity contribution in [3.05, 3.63) is 42.2 Å². The van der Waals surface area contributed by atoms with Crippen molar-refractivity contribution in [2.45, 2.75) is 11.8 Å². The van der Waals surface area contributed by atoms with Crippen LogP contribution in [0.2, 0.25) is 0 Å². The minimum atomic E-state index is -3.18. The summed E-state index contributed by atoms with van der Waals surface area (Å²) in [6, 6.07) is 9.65. The largest absolute Gasteiger partial charge is 0.453 e. The number of carbonyl (C=O) groups excluding carboxylic acids is 1. The predicted molar refractivity (Wildman–Crippen MR) is 67.3 cm³/mol. The smallest absolute Gasteiger partial charge is 0.185 e. The Morgan fingerprint density at radius 2 is 1.78 bits per heavy atom. The van der Waals surface area contributed by atoms with Gasteiger partial charge in [-0.1, -0.05) is 6.92 Å². The van der Waals surface area contributed by atoms with Crippen LogP contribution in [-0.2, 0) is 9.84 Å². The molecule has 1 aromatic carbocycles. The van der Waals surface area contributed by atoms with Gasteiger partial charge >= 0.3 is 0 Å². The average molecular weight is 264 g/mol. The third-order valence-electron chi connectivity index (χ3n) is 2.62. The summed E-state index contributed by atoms with van der Waals surface area (Å²) in [7, 11) is -3.18. The number of hydrogen-bond donors (Lipinski definition) is 0. The van der Waals surface area contributed by atoms with Gasteiger partial charge in [0.15, 0.2) is 21.9 Å². The first-order chi connectivity index (χ1) is 8.56. The maximum absolute atomic E-state index is 11.6. The molecule has 0 atom stereocenters. The summed E-state index contributed by atoms with van der Waals surface area (Å²) in [4.78, 5) is 10.8. The lowest BCUT2D eigenvalue weighted by Crippen LogP contribution is -2.02. The van der Waals surface area contributed by atoms with E-state index >= 15 is 0 Å². The second-order valence-electron chi connectivity index (χ2n) is 3.75. The normalized spacial score (nSPS) is 11.4. The molecule has 0 aliphatic rings. The van der Waals surface area contributed by atoms with E-state index < -0.39 is 9.84 Å². The fourth-order valence-corrected chi connectivity index (χ4v) is 2.45. The van der Waals surface area contributed by atoms with E-state index in [0.717, 1.165) is 5.56 Å². The van der Waals surface area contributed by atoms with Crippen LogP contribution in [0.1, 0.15) is 17.5 Å². The molecule has 1 aromatic heterocycles. The van der Waals surface area contributed by atoms with E-state index in [1.165, 1.54) is 12.1 Å². The van der Waals surface area contributed by atoms with Crippen LogP contribution in [0.25, 0.3) is 11.3 Å². The Labute approximate surface area is 105 Å². The monoisotopic (exact) mass is 264 g/mol. The van der Waals surface area contributed by atoms with Crippen LogP contribution in [0.3, 0.4) is 0 Å². The molecule has 5 heteroatoms. The Bertz CT molecular complexity index is 651. The number of rotatable bonds is 4. The Hall–Kier alpha value is -1.88. The SMILES string of the molecule is CCS(=O)(=O)c1ccc(-c2ccc(C=O)o2)cc1. The lowest BCUT2D eigenvalue weighted by molar-refractivity contribution is 0.110. The standard InChI is InChI=1S/C13H12O4S/c1-2-18(15,16)12-6-3-10(4-7-12)13-8-5-11(9-14)17-13/h3-9H,2H2,1H3. The van der Waals surface area contributed by atoms with Crippen molar-refractivity contribution in [1.29, 1.82) is 0 Å². The molecule has 94 valence electrons. The van der Waals surface area contributed by atoms with E-state index in [0.29, 0.717) is 12.0 Å². The van der Waals surface area contributed by atoms with Crippen molar-refractivity contribution in [2.75, 3.05) is 5.75 Å². The Balaban J connectivity index is 2.36. The van der Waals surface area contributed by atoms with Gasteiger partial charge in [0.1, 0.15) is 5.76 Å². The molecule has 18 heavy (non-hydrogen) atoms. The van der Waals surface area contributed by atoms with Gasteiger partial charge in [0.05, 0.1) is 10.6 Å². The van der Waals surface area contributed by atoms with Crippen LogP contribution < -0.4 is 0 Å². The van der Waals surface area contributed by atoms with E-state index in [2.05, 4.69) is 0 Å². The Morgan fingerprint density at radius 1 is 1.11 bits per heavy atom. The summed E-state index contributed by atoms with van der Waals surface area (Å²) >= 11 is 0. The van der Waals surface area contributed by atoms with Crippen molar-refractivity contribution in [3.8, 4) is 11.3 Å². The summed E-state index contributed by atoms with van der Waals surface area (Å²) in [6.45, 7) is 1.60. The van der Waals surface area contributed by atoms with E-state index in [-0.39, 0.29) is 16.4 Å². The van der Waals surface area contributed by atoms with Crippen molar-refractivity contribution < 1.29 is 17.6 Å². The number of benzene rings is 1. The summed E-state index contributed by atoms with van der Waals surface area (Å²) < 4.78 is 28.5. The number of aldehydes is 1. The number of sulfone groups is 1. The van der Waals surface area contributed by atoms with Crippen molar-refractivity contribution >= 4 is 16.1 Å². The zero-order valence-corrected chi connectivity index (χ0v) is 10.6.